The maximum Gasteiger partial charge on any atom is 0.409 e. The molecule has 0 aliphatic heterocycles. The molecule has 1 unspecified atom stereocenters. The molecule has 0 aliphatic carbocycles. The van der Waals surface area contributed by atoms with E-state index in [-0.39, 0.29) is 19.3 Å². The zero-order valence-corrected chi connectivity index (χ0v) is 13.5. The number of ether oxygens (including phenoxy) is 2. The van der Waals surface area contributed by atoms with E-state index in [1.54, 1.807) is 34.6 Å². The molecule has 4 nitrogen and oxygen atoms in total. The molecule has 0 heterocycles. The molecule has 0 aromatic rings. The van der Waals surface area contributed by atoms with Gasteiger partial charge in [-0.1, -0.05) is 26.8 Å². The molecule has 0 aromatic heterocycles. The fraction of sp³-hybridized carbons (Fsp3) is 0.733. The maximum atomic E-state index is 12.4. The second-order valence-corrected chi connectivity index (χ2v) is 5.77. The second kappa shape index (κ2) is 8.19. The average Bonchev–Trinajstić information content (AvgIpc) is 2.31. The lowest BCUT2D eigenvalue weighted by Crippen LogP contribution is -2.39. The van der Waals surface area contributed by atoms with E-state index in [0.29, 0.717) is 0 Å². The predicted molar refractivity (Wildman–Crippen MR) is 74.9 cm³/mol. The minimum atomic E-state index is -4.53. The minimum absolute atomic E-state index is 0.0224. The van der Waals surface area contributed by atoms with Gasteiger partial charge in [-0.05, 0) is 19.3 Å². The first-order chi connectivity index (χ1) is 9.94. The number of hydrogen-bond acceptors (Lipinski definition) is 4. The van der Waals surface area contributed by atoms with E-state index in [2.05, 4.69) is 0 Å². The summed E-state index contributed by atoms with van der Waals surface area (Å²) in [5.74, 6) is -4.20. The van der Waals surface area contributed by atoms with Crippen molar-refractivity contribution < 1.29 is 32.2 Å². The molecule has 0 saturated carbocycles. The average molecular weight is 324 g/mol. The number of hydrogen-bond donors (Lipinski definition) is 0. The van der Waals surface area contributed by atoms with Gasteiger partial charge in [-0.3, -0.25) is 9.59 Å². The highest BCUT2D eigenvalue weighted by atomic mass is 19.4. The van der Waals surface area contributed by atoms with E-state index in [9.17, 15) is 22.8 Å². The summed E-state index contributed by atoms with van der Waals surface area (Å²) in [7, 11) is 0. The molecule has 0 fully saturated rings. The summed E-state index contributed by atoms with van der Waals surface area (Å²) >= 11 is 0. The first kappa shape index (κ1) is 20.5. The normalized spacial score (nSPS) is 14.2. The lowest BCUT2D eigenvalue weighted by molar-refractivity contribution is -0.165. The fourth-order valence-electron chi connectivity index (χ4n) is 1.97. The van der Waals surface area contributed by atoms with Gasteiger partial charge < -0.3 is 9.47 Å². The summed E-state index contributed by atoms with van der Waals surface area (Å²) in [5.41, 5.74) is -0.772. The van der Waals surface area contributed by atoms with Gasteiger partial charge in [0.2, 0.25) is 0 Å². The van der Waals surface area contributed by atoms with Crippen LogP contribution in [0.5, 0.6) is 0 Å². The number of rotatable bonds is 6. The Morgan fingerprint density at radius 2 is 1.41 bits per heavy atom. The van der Waals surface area contributed by atoms with Crippen LogP contribution in [0.25, 0.3) is 0 Å². The summed E-state index contributed by atoms with van der Waals surface area (Å²) in [6.45, 7) is 8.08. The Bertz CT molecular complexity index is 390. The standard InChI is InChI=1S/C15H23F3O4/c1-6-21-12(19)11(13(20)22-7-2)10(14(3,4)5)8-9-15(16,17)18/h8-11H,6-7H2,1-5H3/b9-8+. The van der Waals surface area contributed by atoms with Gasteiger partial charge in [0.1, 0.15) is 0 Å². The van der Waals surface area contributed by atoms with Crippen molar-refractivity contribution in [3.05, 3.63) is 12.2 Å². The molecule has 0 N–H and O–H groups in total. The highest BCUT2D eigenvalue weighted by molar-refractivity contribution is 5.95. The Balaban J connectivity index is 5.69. The number of allylic oxidation sites excluding steroid dienone is 2. The molecule has 0 spiro atoms. The van der Waals surface area contributed by atoms with Crippen LogP contribution in [0.15, 0.2) is 12.2 Å². The van der Waals surface area contributed by atoms with Crippen LogP contribution >= 0.6 is 0 Å². The Morgan fingerprint density at radius 1 is 1.00 bits per heavy atom. The molecule has 0 amide bonds. The van der Waals surface area contributed by atoms with Gasteiger partial charge in [0.25, 0.3) is 0 Å². The largest absolute Gasteiger partial charge is 0.465 e. The Labute approximate surface area is 128 Å². The van der Waals surface area contributed by atoms with E-state index >= 15 is 0 Å². The van der Waals surface area contributed by atoms with Crippen molar-refractivity contribution in [2.24, 2.45) is 17.3 Å². The van der Waals surface area contributed by atoms with Gasteiger partial charge in [-0.25, -0.2) is 0 Å². The smallest absolute Gasteiger partial charge is 0.409 e. The third-order valence-electron chi connectivity index (χ3n) is 2.93. The van der Waals surface area contributed by atoms with Crippen LogP contribution in [0.1, 0.15) is 34.6 Å². The van der Waals surface area contributed by atoms with E-state index in [0.717, 1.165) is 6.08 Å². The van der Waals surface area contributed by atoms with Crippen molar-refractivity contribution in [1.29, 1.82) is 0 Å². The third-order valence-corrected chi connectivity index (χ3v) is 2.93. The molecule has 128 valence electrons. The summed E-state index contributed by atoms with van der Waals surface area (Å²) in [5, 5.41) is 0. The van der Waals surface area contributed by atoms with Crippen molar-refractivity contribution in [2.75, 3.05) is 13.2 Å². The van der Waals surface area contributed by atoms with Crippen LogP contribution in [0.2, 0.25) is 0 Å². The number of carbonyl (C=O) groups is 2. The van der Waals surface area contributed by atoms with Gasteiger partial charge >= 0.3 is 18.1 Å². The molecule has 7 heteroatoms. The zero-order valence-electron chi connectivity index (χ0n) is 13.5. The molecular weight excluding hydrogens is 301 g/mol. The third kappa shape index (κ3) is 6.95. The Hall–Kier alpha value is -1.53. The lowest BCUT2D eigenvalue weighted by Gasteiger charge is -2.32. The van der Waals surface area contributed by atoms with E-state index in [1.165, 1.54) is 0 Å². The number of alkyl halides is 3. The molecule has 0 aromatic carbocycles. The summed E-state index contributed by atoms with van der Waals surface area (Å²) in [4.78, 5) is 24.1. The van der Waals surface area contributed by atoms with Gasteiger partial charge in [0.05, 0.1) is 13.2 Å². The molecule has 0 radical (unpaired) electrons. The van der Waals surface area contributed by atoms with Crippen LogP contribution in [-0.2, 0) is 19.1 Å². The number of halogens is 3. The van der Waals surface area contributed by atoms with Crippen molar-refractivity contribution in [2.45, 2.75) is 40.8 Å². The summed E-state index contributed by atoms with van der Waals surface area (Å²) < 4.78 is 47.0. The van der Waals surface area contributed by atoms with Crippen molar-refractivity contribution >= 4 is 11.9 Å². The maximum absolute atomic E-state index is 12.4. The van der Waals surface area contributed by atoms with Crippen LogP contribution in [-0.4, -0.2) is 31.3 Å². The van der Waals surface area contributed by atoms with E-state index < -0.39 is 35.4 Å². The minimum Gasteiger partial charge on any atom is -0.465 e. The predicted octanol–water partition coefficient (Wildman–Crippen LogP) is 3.51. The van der Waals surface area contributed by atoms with Crippen LogP contribution < -0.4 is 0 Å². The molecule has 0 rings (SSSR count). The highest BCUT2D eigenvalue weighted by Crippen LogP contribution is 2.36. The van der Waals surface area contributed by atoms with Gasteiger partial charge in [0.15, 0.2) is 5.92 Å². The topological polar surface area (TPSA) is 52.6 Å². The zero-order chi connectivity index (χ0) is 17.6. The van der Waals surface area contributed by atoms with Crippen LogP contribution in [0.3, 0.4) is 0 Å². The van der Waals surface area contributed by atoms with Crippen molar-refractivity contribution in [3.63, 3.8) is 0 Å². The first-order valence-electron chi connectivity index (χ1n) is 7.03. The Kier molecular flexibility index (Phi) is 7.62. The fourth-order valence-corrected chi connectivity index (χ4v) is 1.97. The summed E-state index contributed by atoms with van der Waals surface area (Å²) in [6.07, 6.45) is -3.66. The molecule has 0 aliphatic rings. The van der Waals surface area contributed by atoms with E-state index in [4.69, 9.17) is 9.47 Å². The lowest BCUT2D eigenvalue weighted by atomic mass is 9.72. The quantitative estimate of drug-likeness (QED) is 0.426. The number of esters is 2. The molecule has 0 saturated heterocycles. The van der Waals surface area contributed by atoms with Crippen molar-refractivity contribution in [1.82, 2.24) is 0 Å². The first-order valence-corrected chi connectivity index (χ1v) is 7.03. The Morgan fingerprint density at radius 3 is 1.68 bits per heavy atom. The van der Waals surface area contributed by atoms with Crippen molar-refractivity contribution in [3.8, 4) is 0 Å². The van der Waals surface area contributed by atoms with Gasteiger partial charge in [-0.2, -0.15) is 13.2 Å². The van der Waals surface area contributed by atoms with Gasteiger partial charge in [-0.15, -0.1) is 0 Å². The van der Waals surface area contributed by atoms with Gasteiger partial charge in [0, 0.05) is 12.0 Å². The SMILES string of the molecule is CCOC(=O)C(C(=O)OCC)C(/C=C/C(F)(F)F)C(C)(C)C. The molecule has 22 heavy (non-hydrogen) atoms. The van der Waals surface area contributed by atoms with Crippen LogP contribution in [0, 0.1) is 17.3 Å². The molecule has 0 bridgehead atoms. The molecular formula is C15H23F3O4. The van der Waals surface area contributed by atoms with Crippen LogP contribution in [0.4, 0.5) is 13.2 Å². The molecule has 1 atom stereocenters. The summed E-state index contributed by atoms with van der Waals surface area (Å²) in [6, 6.07) is 0. The number of carbonyl (C=O) groups excluding carboxylic acids is 2. The van der Waals surface area contributed by atoms with E-state index in [1.807, 2.05) is 0 Å². The monoisotopic (exact) mass is 324 g/mol. The second-order valence-electron chi connectivity index (χ2n) is 5.77. The highest BCUT2D eigenvalue weighted by Gasteiger charge is 2.42.